The fraction of sp³-hybridized carbons (Fsp3) is 1.00. The maximum atomic E-state index is 11.3. The average molecular weight is 238 g/mol. The number of rotatable bonds is 2. The standard InChI is InChI=1S/C14H26N2O/c1-11-4-5-13(9-11,10-15)14(17)6-8-16-7-2-3-12(14)16/h11-12,17H,2-10,15H2,1H3. The topological polar surface area (TPSA) is 49.5 Å². The maximum absolute atomic E-state index is 11.3. The van der Waals surface area contributed by atoms with Crippen molar-refractivity contribution in [3.05, 3.63) is 0 Å². The van der Waals surface area contributed by atoms with Crippen molar-refractivity contribution in [1.82, 2.24) is 4.90 Å². The predicted octanol–water partition coefficient (Wildman–Crippen LogP) is 1.35. The van der Waals surface area contributed by atoms with Crippen LogP contribution >= 0.6 is 0 Å². The first kappa shape index (κ1) is 11.9. The van der Waals surface area contributed by atoms with Gasteiger partial charge >= 0.3 is 0 Å². The van der Waals surface area contributed by atoms with E-state index in [1.807, 2.05) is 0 Å². The van der Waals surface area contributed by atoms with Crippen LogP contribution in [0.2, 0.25) is 0 Å². The van der Waals surface area contributed by atoms with Crippen LogP contribution in [0, 0.1) is 11.3 Å². The largest absolute Gasteiger partial charge is 0.388 e. The summed E-state index contributed by atoms with van der Waals surface area (Å²) in [6.45, 7) is 5.24. The number of hydrogen-bond donors (Lipinski definition) is 2. The van der Waals surface area contributed by atoms with Crippen molar-refractivity contribution in [2.45, 2.75) is 57.1 Å². The van der Waals surface area contributed by atoms with Crippen LogP contribution in [-0.2, 0) is 0 Å². The molecule has 1 aliphatic carbocycles. The predicted molar refractivity (Wildman–Crippen MR) is 68.7 cm³/mol. The Bertz CT molecular complexity index is 309. The summed E-state index contributed by atoms with van der Waals surface area (Å²) in [7, 11) is 0. The van der Waals surface area contributed by atoms with E-state index in [1.165, 1.54) is 25.8 Å². The molecule has 2 saturated heterocycles. The van der Waals surface area contributed by atoms with Crippen molar-refractivity contribution >= 4 is 0 Å². The average Bonchev–Trinajstić information content (AvgIpc) is 2.97. The molecule has 3 fully saturated rings. The zero-order chi connectivity index (χ0) is 12.1. The molecule has 0 spiro atoms. The van der Waals surface area contributed by atoms with Gasteiger partial charge in [0.05, 0.1) is 5.60 Å². The van der Waals surface area contributed by atoms with Gasteiger partial charge in [0.15, 0.2) is 0 Å². The molecular formula is C14H26N2O. The molecule has 4 unspecified atom stereocenters. The van der Waals surface area contributed by atoms with Gasteiger partial charge in [0.2, 0.25) is 0 Å². The van der Waals surface area contributed by atoms with Gasteiger partial charge in [-0.2, -0.15) is 0 Å². The second-order valence-corrected chi connectivity index (χ2v) is 6.70. The molecule has 1 saturated carbocycles. The van der Waals surface area contributed by atoms with Gasteiger partial charge in [0.25, 0.3) is 0 Å². The number of nitrogens with two attached hydrogens (primary N) is 1. The van der Waals surface area contributed by atoms with E-state index in [-0.39, 0.29) is 5.41 Å². The van der Waals surface area contributed by atoms with Crippen molar-refractivity contribution in [3.63, 3.8) is 0 Å². The van der Waals surface area contributed by atoms with Crippen LogP contribution in [0.3, 0.4) is 0 Å². The third-order valence-corrected chi connectivity index (χ3v) is 5.86. The lowest BCUT2D eigenvalue weighted by Crippen LogP contribution is -2.57. The SMILES string of the molecule is CC1CCC(CN)(C2(O)CCN3CCCC32)C1. The molecule has 0 aromatic heterocycles. The van der Waals surface area contributed by atoms with Crippen molar-refractivity contribution < 1.29 is 5.11 Å². The molecule has 2 heterocycles. The second kappa shape index (κ2) is 3.94. The summed E-state index contributed by atoms with van der Waals surface area (Å²) in [5, 5.41) is 11.3. The molecule has 0 aromatic rings. The third-order valence-electron chi connectivity index (χ3n) is 5.86. The zero-order valence-electron chi connectivity index (χ0n) is 11.0. The van der Waals surface area contributed by atoms with Crippen molar-refractivity contribution in [1.29, 1.82) is 0 Å². The van der Waals surface area contributed by atoms with Crippen LogP contribution in [0.15, 0.2) is 0 Å². The highest BCUT2D eigenvalue weighted by Gasteiger charge is 2.60. The Morgan fingerprint density at radius 3 is 2.76 bits per heavy atom. The Hall–Kier alpha value is -0.120. The molecule has 3 heteroatoms. The summed E-state index contributed by atoms with van der Waals surface area (Å²) >= 11 is 0. The van der Waals surface area contributed by atoms with E-state index >= 15 is 0 Å². The fourth-order valence-corrected chi connectivity index (χ4v) is 4.88. The second-order valence-electron chi connectivity index (χ2n) is 6.70. The summed E-state index contributed by atoms with van der Waals surface area (Å²) in [5.41, 5.74) is 5.61. The van der Waals surface area contributed by atoms with Crippen LogP contribution in [0.5, 0.6) is 0 Å². The van der Waals surface area contributed by atoms with E-state index < -0.39 is 5.60 Å². The molecule has 17 heavy (non-hydrogen) atoms. The lowest BCUT2D eigenvalue weighted by atomic mass is 9.66. The normalized spacial score (nSPS) is 51.0. The Labute approximate surface area is 104 Å². The van der Waals surface area contributed by atoms with E-state index in [0.717, 1.165) is 31.7 Å². The lowest BCUT2D eigenvalue weighted by Gasteiger charge is -2.46. The molecule has 2 aliphatic heterocycles. The fourth-order valence-electron chi connectivity index (χ4n) is 4.88. The van der Waals surface area contributed by atoms with Crippen LogP contribution in [0.1, 0.15) is 45.4 Å². The van der Waals surface area contributed by atoms with Crippen LogP contribution in [-0.4, -0.2) is 41.3 Å². The molecule has 4 atom stereocenters. The summed E-state index contributed by atoms with van der Waals surface area (Å²) in [4.78, 5) is 2.50. The van der Waals surface area contributed by atoms with Crippen molar-refractivity contribution in [2.24, 2.45) is 17.1 Å². The highest BCUT2D eigenvalue weighted by atomic mass is 16.3. The Morgan fingerprint density at radius 1 is 1.29 bits per heavy atom. The van der Waals surface area contributed by atoms with Crippen LogP contribution in [0.4, 0.5) is 0 Å². The summed E-state index contributed by atoms with van der Waals surface area (Å²) in [5.74, 6) is 0.734. The molecule has 3 N–H and O–H groups in total. The summed E-state index contributed by atoms with van der Waals surface area (Å²) < 4.78 is 0. The molecule has 3 aliphatic rings. The third kappa shape index (κ3) is 1.52. The summed E-state index contributed by atoms with van der Waals surface area (Å²) in [6, 6.07) is 0.399. The van der Waals surface area contributed by atoms with E-state index in [2.05, 4.69) is 11.8 Å². The number of aliphatic hydroxyl groups is 1. The first-order valence-corrected chi connectivity index (χ1v) is 7.28. The number of nitrogens with zero attached hydrogens (tertiary/aromatic N) is 1. The Morgan fingerprint density at radius 2 is 2.12 bits per heavy atom. The van der Waals surface area contributed by atoms with E-state index in [4.69, 9.17) is 5.73 Å². The molecule has 0 amide bonds. The van der Waals surface area contributed by atoms with Crippen LogP contribution in [0.25, 0.3) is 0 Å². The molecule has 3 rings (SSSR count). The van der Waals surface area contributed by atoms with Crippen molar-refractivity contribution in [3.8, 4) is 0 Å². The lowest BCUT2D eigenvalue weighted by molar-refractivity contribution is -0.0962. The Balaban J connectivity index is 1.90. The Kier molecular flexibility index (Phi) is 2.77. The van der Waals surface area contributed by atoms with E-state index in [9.17, 15) is 5.11 Å². The quantitative estimate of drug-likeness (QED) is 0.763. The van der Waals surface area contributed by atoms with E-state index in [1.54, 1.807) is 0 Å². The van der Waals surface area contributed by atoms with Gasteiger partial charge in [-0.25, -0.2) is 0 Å². The van der Waals surface area contributed by atoms with Gasteiger partial charge in [0, 0.05) is 24.5 Å². The van der Waals surface area contributed by atoms with Gasteiger partial charge in [0.1, 0.15) is 0 Å². The zero-order valence-corrected chi connectivity index (χ0v) is 11.0. The smallest absolute Gasteiger partial charge is 0.0882 e. The molecule has 3 nitrogen and oxygen atoms in total. The van der Waals surface area contributed by atoms with Gasteiger partial charge < -0.3 is 10.8 Å². The minimum absolute atomic E-state index is 0.0101. The first-order chi connectivity index (χ1) is 8.11. The van der Waals surface area contributed by atoms with Gasteiger partial charge in [-0.05, 0) is 44.6 Å². The first-order valence-electron chi connectivity index (χ1n) is 7.28. The molecule has 0 bridgehead atoms. The van der Waals surface area contributed by atoms with Crippen LogP contribution < -0.4 is 5.73 Å². The monoisotopic (exact) mass is 238 g/mol. The minimum Gasteiger partial charge on any atom is -0.388 e. The maximum Gasteiger partial charge on any atom is 0.0882 e. The van der Waals surface area contributed by atoms with Gasteiger partial charge in [-0.1, -0.05) is 13.3 Å². The molecular weight excluding hydrogens is 212 g/mol. The summed E-state index contributed by atoms with van der Waals surface area (Å²) in [6.07, 6.45) is 6.87. The number of fused-ring (bicyclic) bond motifs is 1. The highest BCUT2D eigenvalue weighted by Crippen LogP contribution is 2.55. The molecule has 0 aromatic carbocycles. The minimum atomic E-state index is -0.497. The molecule has 98 valence electrons. The van der Waals surface area contributed by atoms with E-state index in [0.29, 0.717) is 12.6 Å². The highest BCUT2D eigenvalue weighted by molar-refractivity contribution is 5.14. The van der Waals surface area contributed by atoms with Gasteiger partial charge in [-0.3, -0.25) is 4.90 Å². The van der Waals surface area contributed by atoms with Gasteiger partial charge in [-0.15, -0.1) is 0 Å². The molecule has 0 radical (unpaired) electrons. The number of hydrogen-bond acceptors (Lipinski definition) is 3. The van der Waals surface area contributed by atoms with Crippen molar-refractivity contribution in [2.75, 3.05) is 19.6 Å².